The van der Waals surface area contributed by atoms with E-state index < -0.39 is 0 Å². The van der Waals surface area contributed by atoms with E-state index in [1.54, 1.807) is 19.1 Å². The van der Waals surface area contributed by atoms with Crippen molar-refractivity contribution in [2.45, 2.75) is 6.92 Å². The molecule has 0 amide bonds. The van der Waals surface area contributed by atoms with Crippen molar-refractivity contribution in [3.05, 3.63) is 35.3 Å². The number of halogens is 1. The second-order valence-corrected chi connectivity index (χ2v) is 2.95. The van der Waals surface area contributed by atoms with Gasteiger partial charge in [0.1, 0.15) is 17.6 Å². The molecule has 13 heavy (non-hydrogen) atoms. The molecule has 0 atom stereocenters. The van der Waals surface area contributed by atoms with Gasteiger partial charge in [-0.3, -0.25) is 0 Å². The Bertz CT molecular complexity index is 505. The number of aryl methyl sites for hydroxylation is 1. The standard InChI is InChI=1S/C10H7FN2/c1-6-2-3-9-8(10(6)11)4-7(5-12)13-9/h2-4,13H,1H3. The predicted molar refractivity (Wildman–Crippen MR) is 47.7 cm³/mol. The molecule has 0 aliphatic heterocycles. The molecule has 64 valence electrons. The number of nitriles is 1. The first-order valence-electron chi connectivity index (χ1n) is 3.90. The van der Waals surface area contributed by atoms with E-state index in [0.29, 0.717) is 22.2 Å². The number of nitrogens with one attached hydrogen (secondary N) is 1. The summed E-state index contributed by atoms with van der Waals surface area (Å²) in [6.45, 7) is 1.70. The zero-order valence-corrected chi connectivity index (χ0v) is 7.06. The minimum Gasteiger partial charge on any atom is -0.346 e. The quantitative estimate of drug-likeness (QED) is 0.654. The highest BCUT2D eigenvalue weighted by Crippen LogP contribution is 2.20. The Morgan fingerprint density at radius 2 is 2.23 bits per heavy atom. The van der Waals surface area contributed by atoms with Crippen molar-refractivity contribution < 1.29 is 4.39 Å². The van der Waals surface area contributed by atoms with Crippen LogP contribution in [0.1, 0.15) is 11.3 Å². The summed E-state index contributed by atoms with van der Waals surface area (Å²) in [7, 11) is 0. The molecular formula is C10H7FN2. The summed E-state index contributed by atoms with van der Waals surface area (Å²) in [6.07, 6.45) is 0. The minimum absolute atomic E-state index is 0.254. The fourth-order valence-electron chi connectivity index (χ4n) is 1.34. The monoisotopic (exact) mass is 174 g/mol. The molecule has 0 fully saturated rings. The van der Waals surface area contributed by atoms with Crippen LogP contribution in [-0.2, 0) is 0 Å². The molecule has 1 aromatic carbocycles. The van der Waals surface area contributed by atoms with Crippen molar-refractivity contribution in [3.63, 3.8) is 0 Å². The number of hydrogen-bond donors (Lipinski definition) is 1. The molecular weight excluding hydrogens is 167 g/mol. The van der Waals surface area contributed by atoms with E-state index in [9.17, 15) is 4.39 Å². The van der Waals surface area contributed by atoms with Gasteiger partial charge >= 0.3 is 0 Å². The summed E-state index contributed by atoms with van der Waals surface area (Å²) in [5.41, 5.74) is 1.65. The second kappa shape index (κ2) is 2.60. The van der Waals surface area contributed by atoms with E-state index in [1.165, 1.54) is 6.07 Å². The number of aromatic nitrogens is 1. The van der Waals surface area contributed by atoms with Crippen LogP contribution in [0.4, 0.5) is 4.39 Å². The highest BCUT2D eigenvalue weighted by Gasteiger charge is 2.06. The summed E-state index contributed by atoms with van der Waals surface area (Å²) < 4.78 is 13.4. The normalized spacial score (nSPS) is 10.2. The Balaban J connectivity index is 2.86. The average Bonchev–Trinajstić information content (AvgIpc) is 2.55. The SMILES string of the molecule is Cc1ccc2[nH]c(C#N)cc2c1F. The smallest absolute Gasteiger partial charge is 0.135 e. The van der Waals surface area contributed by atoms with Gasteiger partial charge in [0.25, 0.3) is 0 Å². The lowest BCUT2D eigenvalue weighted by atomic mass is 10.1. The number of H-pyrrole nitrogens is 1. The molecule has 2 rings (SSSR count). The molecule has 0 aliphatic rings. The fraction of sp³-hybridized carbons (Fsp3) is 0.100. The molecule has 0 spiro atoms. The first-order valence-corrected chi connectivity index (χ1v) is 3.90. The summed E-state index contributed by atoms with van der Waals surface area (Å²) in [5.74, 6) is -0.254. The van der Waals surface area contributed by atoms with Crippen LogP contribution in [0.2, 0.25) is 0 Å². The van der Waals surface area contributed by atoms with Gasteiger partial charge in [0.2, 0.25) is 0 Å². The third-order valence-corrected chi connectivity index (χ3v) is 2.05. The first kappa shape index (κ1) is 7.81. The van der Waals surface area contributed by atoms with E-state index in [4.69, 9.17) is 5.26 Å². The molecule has 1 aromatic heterocycles. The van der Waals surface area contributed by atoms with Gasteiger partial charge in [0.05, 0.1) is 0 Å². The Labute approximate surface area is 74.6 Å². The Kier molecular flexibility index (Phi) is 1.56. The van der Waals surface area contributed by atoms with Gasteiger partial charge in [-0.1, -0.05) is 6.07 Å². The van der Waals surface area contributed by atoms with E-state index >= 15 is 0 Å². The molecule has 2 aromatic rings. The molecule has 0 radical (unpaired) electrons. The van der Waals surface area contributed by atoms with Gasteiger partial charge in [-0.15, -0.1) is 0 Å². The Morgan fingerprint density at radius 1 is 1.46 bits per heavy atom. The first-order chi connectivity index (χ1) is 6.22. The maximum absolute atomic E-state index is 13.4. The lowest BCUT2D eigenvalue weighted by Crippen LogP contribution is -1.81. The molecule has 0 bridgehead atoms. The Morgan fingerprint density at radius 3 is 2.92 bits per heavy atom. The molecule has 0 unspecified atom stereocenters. The van der Waals surface area contributed by atoms with Crippen molar-refractivity contribution in [2.24, 2.45) is 0 Å². The van der Waals surface area contributed by atoms with E-state index in [1.807, 2.05) is 6.07 Å². The highest BCUT2D eigenvalue weighted by molar-refractivity contribution is 5.82. The Hall–Kier alpha value is -1.82. The number of hydrogen-bond acceptors (Lipinski definition) is 1. The van der Waals surface area contributed by atoms with Gasteiger partial charge in [-0.25, -0.2) is 4.39 Å². The van der Waals surface area contributed by atoms with Crippen LogP contribution >= 0.6 is 0 Å². The van der Waals surface area contributed by atoms with Crippen LogP contribution in [0.15, 0.2) is 18.2 Å². The van der Waals surface area contributed by atoms with Gasteiger partial charge in [0, 0.05) is 10.9 Å². The third-order valence-electron chi connectivity index (χ3n) is 2.05. The summed E-state index contributed by atoms with van der Waals surface area (Å²) in [4.78, 5) is 2.81. The van der Waals surface area contributed by atoms with Gasteiger partial charge in [-0.2, -0.15) is 5.26 Å². The number of benzene rings is 1. The molecule has 1 heterocycles. The topological polar surface area (TPSA) is 39.6 Å². The van der Waals surface area contributed by atoms with Crippen LogP contribution in [0.3, 0.4) is 0 Å². The number of nitrogens with zero attached hydrogens (tertiary/aromatic N) is 1. The lowest BCUT2D eigenvalue weighted by Gasteiger charge is -1.95. The van der Waals surface area contributed by atoms with Crippen LogP contribution in [-0.4, -0.2) is 4.98 Å². The molecule has 3 heteroatoms. The molecule has 0 aliphatic carbocycles. The number of rotatable bonds is 0. The van der Waals surface area contributed by atoms with Gasteiger partial charge in [0.15, 0.2) is 0 Å². The molecule has 0 saturated heterocycles. The van der Waals surface area contributed by atoms with Crippen molar-refractivity contribution in [3.8, 4) is 6.07 Å². The second-order valence-electron chi connectivity index (χ2n) is 2.95. The fourth-order valence-corrected chi connectivity index (χ4v) is 1.34. The highest BCUT2D eigenvalue weighted by atomic mass is 19.1. The van der Waals surface area contributed by atoms with E-state index in [-0.39, 0.29) is 5.82 Å². The summed E-state index contributed by atoms with van der Waals surface area (Å²) in [6, 6.07) is 6.93. The maximum Gasteiger partial charge on any atom is 0.135 e. The van der Waals surface area contributed by atoms with Crippen molar-refractivity contribution >= 4 is 10.9 Å². The molecule has 2 nitrogen and oxygen atoms in total. The maximum atomic E-state index is 13.4. The summed E-state index contributed by atoms with van der Waals surface area (Å²) >= 11 is 0. The number of aromatic amines is 1. The lowest BCUT2D eigenvalue weighted by molar-refractivity contribution is 0.631. The van der Waals surface area contributed by atoms with Crippen molar-refractivity contribution in [1.82, 2.24) is 4.98 Å². The number of fused-ring (bicyclic) bond motifs is 1. The van der Waals surface area contributed by atoms with Gasteiger partial charge in [-0.05, 0) is 24.6 Å². The van der Waals surface area contributed by atoms with Crippen LogP contribution in [0.25, 0.3) is 10.9 Å². The predicted octanol–water partition coefficient (Wildman–Crippen LogP) is 2.49. The average molecular weight is 174 g/mol. The van der Waals surface area contributed by atoms with Crippen LogP contribution < -0.4 is 0 Å². The summed E-state index contributed by atoms with van der Waals surface area (Å²) in [5, 5.41) is 9.08. The molecule has 1 N–H and O–H groups in total. The third kappa shape index (κ3) is 1.07. The zero-order valence-electron chi connectivity index (χ0n) is 7.06. The minimum atomic E-state index is -0.254. The van der Waals surface area contributed by atoms with E-state index in [2.05, 4.69) is 4.98 Å². The van der Waals surface area contributed by atoms with Crippen molar-refractivity contribution in [1.29, 1.82) is 5.26 Å². The largest absolute Gasteiger partial charge is 0.346 e. The molecule has 0 saturated carbocycles. The van der Waals surface area contributed by atoms with Crippen LogP contribution in [0, 0.1) is 24.1 Å². The van der Waals surface area contributed by atoms with Gasteiger partial charge < -0.3 is 4.98 Å². The van der Waals surface area contributed by atoms with E-state index in [0.717, 1.165) is 0 Å². The van der Waals surface area contributed by atoms with Crippen LogP contribution in [0.5, 0.6) is 0 Å². The van der Waals surface area contributed by atoms with Crippen molar-refractivity contribution in [2.75, 3.05) is 0 Å². The zero-order chi connectivity index (χ0) is 9.42.